The Kier molecular flexibility index (Phi) is 3.31. The second-order valence-electron chi connectivity index (χ2n) is 3.24. The molecule has 1 aromatic carbocycles. The number of hydrogen-bond acceptors (Lipinski definition) is 4. The van der Waals surface area contributed by atoms with Crippen molar-refractivity contribution < 1.29 is 14.4 Å². The maximum absolute atomic E-state index is 10.5. The summed E-state index contributed by atoms with van der Waals surface area (Å²) in [5, 5.41) is 13.1. The largest absolute Gasteiger partial charge is 0.481 e. The van der Waals surface area contributed by atoms with Gasteiger partial charge in [0.05, 0.1) is 0 Å². The summed E-state index contributed by atoms with van der Waals surface area (Å²) in [4.78, 5) is 14.4. The Morgan fingerprint density at radius 3 is 2.53 bits per heavy atom. The van der Waals surface area contributed by atoms with E-state index in [0.29, 0.717) is 15.6 Å². The molecule has 5 nitrogen and oxygen atoms in total. The van der Waals surface area contributed by atoms with Gasteiger partial charge in [0.2, 0.25) is 11.7 Å². The van der Waals surface area contributed by atoms with Crippen LogP contribution in [0.2, 0.25) is 10.0 Å². The molecule has 2 rings (SSSR count). The van der Waals surface area contributed by atoms with Crippen LogP contribution in [-0.4, -0.2) is 21.2 Å². The van der Waals surface area contributed by atoms with Crippen molar-refractivity contribution in [2.75, 3.05) is 0 Å². The van der Waals surface area contributed by atoms with Crippen molar-refractivity contribution in [1.29, 1.82) is 0 Å². The molecule has 1 N–H and O–H groups in total. The van der Waals surface area contributed by atoms with Crippen LogP contribution in [0.25, 0.3) is 11.4 Å². The third kappa shape index (κ3) is 2.95. The Labute approximate surface area is 106 Å². The van der Waals surface area contributed by atoms with Gasteiger partial charge in [-0.05, 0) is 18.2 Å². The van der Waals surface area contributed by atoms with Crippen LogP contribution in [-0.2, 0) is 11.2 Å². The number of nitrogens with zero attached hydrogens (tertiary/aromatic N) is 2. The molecular weight excluding hydrogens is 267 g/mol. The van der Waals surface area contributed by atoms with E-state index in [0.717, 1.165) is 0 Å². The van der Waals surface area contributed by atoms with E-state index in [1.165, 1.54) is 0 Å². The number of halogens is 2. The van der Waals surface area contributed by atoms with Crippen LogP contribution in [0.15, 0.2) is 22.7 Å². The number of aliphatic carboxylic acids is 1. The average molecular weight is 273 g/mol. The van der Waals surface area contributed by atoms with Gasteiger partial charge in [0, 0.05) is 15.6 Å². The van der Waals surface area contributed by atoms with Crippen molar-refractivity contribution in [3.8, 4) is 11.4 Å². The fraction of sp³-hybridized carbons (Fsp3) is 0.100. The summed E-state index contributed by atoms with van der Waals surface area (Å²) < 4.78 is 4.78. The van der Waals surface area contributed by atoms with Crippen LogP contribution in [0.1, 0.15) is 5.89 Å². The number of aromatic nitrogens is 2. The van der Waals surface area contributed by atoms with Crippen LogP contribution in [0, 0.1) is 0 Å². The molecule has 0 bridgehead atoms. The number of benzene rings is 1. The van der Waals surface area contributed by atoms with E-state index >= 15 is 0 Å². The summed E-state index contributed by atoms with van der Waals surface area (Å²) in [5.41, 5.74) is 0.572. The van der Waals surface area contributed by atoms with Gasteiger partial charge in [-0.3, -0.25) is 4.79 Å². The van der Waals surface area contributed by atoms with E-state index in [1.807, 2.05) is 0 Å². The van der Waals surface area contributed by atoms with Crippen molar-refractivity contribution in [3.05, 3.63) is 34.1 Å². The first-order valence-electron chi connectivity index (χ1n) is 4.55. The first-order valence-corrected chi connectivity index (χ1v) is 5.31. The molecule has 0 spiro atoms. The fourth-order valence-corrected chi connectivity index (χ4v) is 1.78. The van der Waals surface area contributed by atoms with Crippen molar-refractivity contribution in [2.24, 2.45) is 0 Å². The second kappa shape index (κ2) is 4.73. The standard InChI is InChI=1S/C10H6Cl2N2O3/c11-6-1-5(2-7(12)3-6)10-13-8(17-14-10)4-9(15)16/h1-3H,4H2,(H,15,16). The highest BCUT2D eigenvalue weighted by molar-refractivity contribution is 6.35. The Morgan fingerprint density at radius 1 is 1.29 bits per heavy atom. The normalized spacial score (nSPS) is 10.5. The molecule has 7 heteroatoms. The predicted molar refractivity (Wildman–Crippen MR) is 61.1 cm³/mol. The van der Waals surface area contributed by atoms with Crippen LogP contribution in [0.3, 0.4) is 0 Å². The Morgan fingerprint density at radius 2 is 1.94 bits per heavy atom. The van der Waals surface area contributed by atoms with Gasteiger partial charge in [0.25, 0.3) is 0 Å². The van der Waals surface area contributed by atoms with Crippen LogP contribution in [0.5, 0.6) is 0 Å². The summed E-state index contributed by atoms with van der Waals surface area (Å²) >= 11 is 11.7. The van der Waals surface area contributed by atoms with Crippen LogP contribution < -0.4 is 0 Å². The zero-order chi connectivity index (χ0) is 12.4. The molecule has 1 aromatic heterocycles. The van der Waals surface area contributed by atoms with E-state index in [9.17, 15) is 4.79 Å². The lowest BCUT2D eigenvalue weighted by Crippen LogP contribution is -1.99. The van der Waals surface area contributed by atoms with Crippen LogP contribution in [0.4, 0.5) is 0 Å². The molecule has 0 amide bonds. The Hall–Kier alpha value is -1.59. The van der Waals surface area contributed by atoms with Crippen molar-refractivity contribution in [3.63, 3.8) is 0 Å². The third-order valence-electron chi connectivity index (χ3n) is 1.89. The molecule has 0 saturated heterocycles. The van der Waals surface area contributed by atoms with E-state index < -0.39 is 5.97 Å². The van der Waals surface area contributed by atoms with Crippen molar-refractivity contribution >= 4 is 29.2 Å². The summed E-state index contributed by atoms with van der Waals surface area (Å²) in [5.74, 6) is -0.751. The molecule has 0 fully saturated rings. The third-order valence-corrected chi connectivity index (χ3v) is 2.33. The number of carbonyl (C=O) groups is 1. The van der Waals surface area contributed by atoms with E-state index in [1.54, 1.807) is 18.2 Å². The van der Waals surface area contributed by atoms with Crippen molar-refractivity contribution in [2.45, 2.75) is 6.42 Å². The molecule has 1 heterocycles. The van der Waals surface area contributed by atoms with E-state index in [-0.39, 0.29) is 18.1 Å². The van der Waals surface area contributed by atoms with Crippen LogP contribution >= 0.6 is 23.2 Å². The summed E-state index contributed by atoms with van der Waals surface area (Å²) in [6, 6.07) is 4.80. The zero-order valence-electron chi connectivity index (χ0n) is 8.35. The van der Waals surface area contributed by atoms with Gasteiger partial charge in [-0.25, -0.2) is 0 Å². The summed E-state index contributed by atoms with van der Waals surface area (Å²) in [6.07, 6.45) is -0.318. The smallest absolute Gasteiger partial charge is 0.312 e. The topological polar surface area (TPSA) is 76.2 Å². The minimum Gasteiger partial charge on any atom is -0.481 e. The fourth-order valence-electron chi connectivity index (χ4n) is 1.26. The minimum atomic E-state index is -1.04. The first-order chi connectivity index (χ1) is 8.04. The zero-order valence-corrected chi connectivity index (χ0v) is 9.87. The number of hydrogen-bond donors (Lipinski definition) is 1. The van der Waals surface area contributed by atoms with Gasteiger partial charge in [-0.1, -0.05) is 28.4 Å². The van der Waals surface area contributed by atoms with Gasteiger partial charge in [0.1, 0.15) is 6.42 Å². The molecular formula is C10H6Cl2N2O3. The highest BCUT2D eigenvalue weighted by atomic mass is 35.5. The van der Waals surface area contributed by atoms with Gasteiger partial charge in [0.15, 0.2) is 0 Å². The van der Waals surface area contributed by atoms with Gasteiger partial charge >= 0.3 is 5.97 Å². The molecule has 2 aromatic rings. The SMILES string of the molecule is O=C(O)Cc1nc(-c2cc(Cl)cc(Cl)c2)no1. The maximum atomic E-state index is 10.5. The quantitative estimate of drug-likeness (QED) is 0.930. The number of carboxylic acid groups (broad SMARTS) is 1. The second-order valence-corrected chi connectivity index (χ2v) is 4.11. The summed E-state index contributed by atoms with van der Waals surface area (Å²) in [7, 11) is 0. The Bertz CT molecular complexity index is 548. The summed E-state index contributed by atoms with van der Waals surface area (Å²) in [6.45, 7) is 0. The number of carboxylic acids is 1. The van der Waals surface area contributed by atoms with Gasteiger partial charge in [-0.2, -0.15) is 4.98 Å². The molecule has 0 radical (unpaired) electrons. The molecule has 0 aliphatic carbocycles. The molecule has 0 saturated carbocycles. The Balaban J connectivity index is 2.33. The van der Waals surface area contributed by atoms with E-state index in [4.69, 9.17) is 32.8 Å². The molecule has 88 valence electrons. The van der Waals surface area contributed by atoms with Crippen molar-refractivity contribution in [1.82, 2.24) is 10.1 Å². The lowest BCUT2D eigenvalue weighted by atomic mass is 10.2. The lowest BCUT2D eigenvalue weighted by Gasteiger charge is -1.96. The molecule has 0 atom stereocenters. The molecule has 0 aliphatic rings. The lowest BCUT2D eigenvalue weighted by molar-refractivity contribution is -0.136. The molecule has 0 unspecified atom stereocenters. The number of rotatable bonds is 3. The van der Waals surface area contributed by atoms with Gasteiger partial charge in [-0.15, -0.1) is 0 Å². The van der Waals surface area contributed by atoms with E-state index in [2.05, 4.69) is 10.1 Å². The maximum Gasteiger partial charge on any atom is 0.312 e. The highest BCUT2D eigenvalue weighted by Crippen LogP contribution is 2.25. The predicted octanol–water partition coefficient (Wildman–Crippen LogP) is 2.67. The molecule has 0 aliphatic heterocycles. The highest BCUT2D eigenvalue weighted by Gasteiger charge is 2.12. The first kappa shape index (κ1) is 11.9. The average Bonchev–Trinajstić information content (AvgIpc) is 2.63. The molecule has 17 heavy (non-hydrogen) atoms. The minimum absolute atomic E-state index is 0.0311. The monoisotopic (exact) mass is 272 g/mol. The van der Waals surface area contributed by atoms with Gasteiger partial charge < -0.3 is 9.63 Å².